The lowest BCUT2D eigenvalue weighted by Gasteiger charge is -2.54. The van der Waals surface area contributed by atoms with Gasteiger partial charge in [0.2, 0.25) is 5.60 Å². The summed E-state index contributed by atoms with van der Waals surface area (Å²) in [4.78, 5) is 49.9. The van der Waals surface area contributed by atoms with Gasteiger partial charge >= 0.3 is 23.9 Å². The SMILES string of the molecule is COc1c(C)c2c(c(C)c1C(=O)O)C[C@@]1(C)C(=O)C(C(=O)O)=C(C)[C@@]3(C)OC(=O)O[C@@]13O2. The van der Waals surface area contributed by atoms with Crippen molar-refractivity contribution in [1.29, 1.82) is 0 Å². The number of carbonyl (C=O) groups is 4. The Hall–Kier alpha value is -3.56. The van der Waals surface area contributed by atoms with Crippen LogP contribution in [0.3, 0.4) is 0 Å². The number of hydrogen-bond donors (Lipinski definition) is 2. The Labute approximate surface area is 182 Å². The molecule has 4 rings (SSSR count). The lowest BCUT2D eigenvalue weighted by Crippen LogP contribution is -2.72. The minimum absolute atomic E-state index is 0.00901. The van der Waals surface area contributed by atoms with Gasteiger partial charge in [0, 0.05) is 5.56 Å². The Kier molecular flexibility index (Phi) is 4.23. The minimum Gasteiger partial charge on any atom is -0.495 e. The first kappa shape index (κ1) is 21.7. The van der Waals surface area contributed by atoms with Gasteiger partial charge in [-0.15, -0.1) is 0 Å². The van der Waals surface area contributed by atoms with Crippen molar-refractivity contribution < 1.29 is 48.3 Å². The highest BCUT2D eigenvalue weighted by Crippen LogP contribution is 2.62. The standard InChI is InChI=1S/C22H22O10/c1-8-11-7-20(4)16(23)13(18(26)27)10(3)21(5)22(20,32-19(28)31-21)30-14(11)9(2)15(29-6)12(8)17(24)25/h7H2,1-6H3,(H,24,25)(H,26,27)/t20-,21+,22-/m0/s1. The molecule has 10 nitrogen and oxygen atoms in total. The number of ether oxygens (including phenoxy) is 4. The van der Waals surface area contributed by atoms with E-state index in [0.717, 1.165) is 0 Å². The molecule has 3 aliphatic rings. The fourth-order valence-corrected chi connectivity index (χ4v) is 5.32. The Balaban J connectivity index is 2.10. The highest BCUT2D eigenvalue weighted by molar-refractivity contribution is 6.21. The second-order valence-corrected chi connectivity index (χ2v) is 8.62. The molecule has 0 saturated carbocycles. The number of rotatable bonds is 3. The van der Waals surface area contributed by atoms with Gasteiger partial charge in [0.05, 0.1) is 7.11 Å². The van der Waals surface area contributed by atoms with Gasteiger partial charge in [-0.3, -0.25) is 4.79 Å². The van der Waals surface area contributed by atoms with Crippen LogP contribution in [-0.2, 0) is 25.5 Å². The first-order chi connectivity index (χ1) is 14.8. The van der Waals surface area contributed by atoms with Crippen molar-refractivity contribution in [1.82, 2.24) is 0 Å². The summed E-state index contributed by atoms with van der Waals surface area (Å²) in [5.41, 5.74) is -3.03. The number of Topliss-reactive ketones (excluding diaryl/α,β-unsaturated/α-hetero) is 1. The summed E-state index contributed by atoms with van der Waals surface area (Å²) in [6, 6.07) is 0. The molecule has 0 unspecified atom stereocenters. The van der Waals surface area contributed by atoms with Crippen molar-refractivity contribution in [2.75, 3.05) is 7.11 Å². The average molecular weight is 446 g/mol. The van der Waals surface area contributed by atoms with E-state index >= 15 is 0 Å². The molecule has 0 amide bonds. The lowest BCUT2D eigenvalue weighted by atomic mass is 9.57. The van der Waals surface area contributed by atoms with E-state index in [0.29, 0.717) is 16.7 Å². The quantitative estimate of drug-likeness (QED) is 0.525. The molecular weight excluding hydrogens is 424 g/mol. The first-order valence-corrected chi connectivity index (χ1v) is 9.81. The molecule has 2 heterocycles. The zero-order valence-corrected chi connectivity index (χ0v) is 18.4. The molecule has 32 heavy (non-hydrogen) atoms. The average Bonchev–Trinajstić information content (AvgIpc) is 2.96. The van der Waals surface area contributed by atoms with E-state index in [2.05, 4.69) is 0 Å². The maximum Gasteiger partial charge on any atom is 0.512 e. The molecule has 2 N–H and O–H groups in total. The number of carboxylic acids is 2. The fraction of sp³-hybridized carbons (Fsp3) is 0.455. The fourth-order valence-electron chi connectivity index (χ4n) is 5.32. The lowest BCUT2D eigenvalue weighted by molar-refractivity contribution is -0.244. The molecule has 0 radical (unpaired) electrons. The number of fused-ring (bicyclic) bond motifs is 1. The molecule has 0 aromatic heterocycles. The number of benzene rings is 1. The van der Waals surface area contributed by atoms with Crippen molar-refractivity contribution in [2.24, 2.45) is 5.41 Å². The van der Waals surface area contributed by atoms with Crippen molar-refractivity contribution >= 4 is 23.9 Å². The number of carboxylic acid groups (broad SMARTS) is 2. The van der Waals surface area contributed by atoms with E-state index in [1.165, 1.54) is 27.9 Å². The van der Waals surface area contributed by atoms with Gasteiger partial charge in [0.15, 0.2) is 5.78 Å². The van der Waals surface area contributed by atoms with Crippen molar-refractivity contribution in [3.05, 3.63) is 33.4 Å². The van der Waals surface area contributed by atoms with Crippen LogP contribution in [0.2, 0.25) is 0 Å². The number of hydrogen-bond acceptors (Lipinski definition) is 8. The van der Waals surface area contributed by atoms with Crippen molar-refractivity contribution in [2.45, 2.75) is 52.4 Å². The summed E-state index contributed by atoms with van der Waals surface area (Å²) >= 11 is 0. The minimum atomic E-state index is -2.00. The van der Waals surface area contributed by atoms with Crippen molar-refractivity contribution in [3.63, 3.8) is 0 Å². The van der Waals surface area contributed by atoms with Crippen LogP contribution in [0, 0.1) is 19.3 Å². The number of aliphatic carboxylic acids is 1. The summed E-state index contributed by atoms with van der Waals surface area (Å²) in [5, 5.41) is 19.5. The number of methoxy groups -OCH3 is 1. The monoisotopic (exact) mass is 446 g/mol. The van der Waals surface area contributed by atoms with Gasteiger partial charge in [-0.25, -0.2) is 14.4 Å². The molecule has 1 aromatic carbocycles. The molecule has 1 spiro atoms. The maximum absolute atomic E-state index is 13.6. The first-order valence-electron chi connectivity index (χ1n) is 9.81. The summed E-state index contributed by atoms with van der Waals surface area (Å²) in [5.74, 6) is -5.23. The molecular formula is C22H22O10. The van der Waals surface area contributed by atoms with Crippen LogP contribution in [0.15, 0.2) is 11.1 Å². The predicted molar refractivity (Wildman–Crippen MR) is 106 cm³/mol. The van der Waals surface area contributed by atoms with Gasteiger partial charge in [-0.1, -0.05) is 0 Å². The summed E-state index contributed by atoms with van der Waals surface area (Å²) in [7, 11) is 1.32. The van der Waals surface area contributed by atoms with Crippen LogP contribution in [0.25, 0.3) is 0 Å². The van der Waals surface area contributed by atoms with Crippen LogP contribution >= 0.6 is 0 Å². The number of carbonyl (C=O) groups excluding carboxylic acids is 2. The van der Waals surface area contributed by atoms with Crippen LogP contribution in [0.4, 0.5) is 4.79 Å². The zero-order valence-electron chi connectivity index (χ0n) is 18.4. The molecule has 1 fully saturated rings. The summed E-state index contributed by atoms with van der Waals surface area (Å²) < 4.78 is 22.6. The molecule has 2 aliphatic heterocycles. The smallest absolute Gasteiger partial charge is 0.495 e. The largest absolute Gasteiger partial charge is 0.512 e. The second kappa shape index (κ2) is 6.24. The van der Waals surface area contributed by atoms with Gasteiger partial charge in [0.1, 0.15) is 28.1 Å². The zero-order chi connectivity index (χ0) is 24.0. The highest BCUT2D eigenvalue weighted by atomic mass is 16.9. The van der Waals surface area contributed by atoms with Crippen LogP contribution < -0.4 is 9.47 Å². The molecule has 170 valence electrons. The van der Waals surface area contributed by atoms with E-state index < -0.39 is 46.3 Å². The Morgan fingerprint density at radius 1 is 0.969 bits per heavy atom. The summed E-state index contributed by atoms with van der Waals surface area (Å²) in [6.07, 6.45) is -1.25. The van der Waals surface area contributed by atoms with E-state index in [-0.39, 0.29) is 29.1 Å². The van der Waals surface area contributed by atoms with Crippen molar-refractivity contribution in [3.8, 4) is 11.5 Å². The van der Waals surface area contributed by atoms with Crippen LogP contribution in [0.1, 0.15) is 47.8 Å². The van der Waals surface area contributed by atoms with Crippen LogP contribution in [0.5, 0.6) is 11.5 Å². The number of ketones is 1. The number of aromatic carboxylic acids is 1. The maximum atomic E-state index is 13.6. The molecule has 10 heteroatoms. The third-order valence-corrected chi connectivity index (χ3v) is 7.11. The molecule has 3 atom stereocenters. The Morgan fingerprint density at radius 2 is 1.59 bits per heavy atom. The van der Waals surface area contributed by atoms with E-state index in [1.807, 2.05) is 0 Å². The van der Waals surface area contributed by atoms with Gasteiger partial charge in [-0.2, -0.15) is 0 Å². The highest BCUT2D eigenvalue weighted by Gasteiger charge is 2.79. The predicted octanol–water partition coefficient (Wildman–Crippen LogP) is 2.56. The third kappa shape index (κ3) is 2.19. The van der Waals surface area contributed by atoms with E-state index in [9.17, 15) is 29.4 Å². The van der Waals surface area contributed by atoms with Gasteiger partial charge in [0.25, 0.3) is 0 Å². The molecule has 1 aromatic rings. The molecule has 0 bridgehead atoms. The Bertz CT molecular complexity index is 1180. The second-order valence-electron chi connectivity index (χ2n) is 8.62. The van der Waals surface area contributed by atoms with Gasteiger partial charge in [-0.05, 0) is 57.7 Å². The normalized spacial score (nSPS) is 30.4. The van der Waals surface area contributed by atoms with E-state index in [1.54, 1.807) is 13.8 Å². The molecule has 1 saturated heterocycles. The Morgan fingerprint density at radius 3 is 2.12 bits per heavy atom. The summed E-state index contributed by atoms with van der Waals surface area (Å²) in [6.45, 7) is 7.41. The third-order valence-electron chi connectivity index (χ3n) is 7.11. The van der Waals surface area contributed by atoms with Gasteiger partial charge < -0.3 is 29.2 Å². The topological polar surface area (TPSA) is 146 Å². The van der Waals surface area contributed by atoms with Crippen LogP contribution in [-0.4, -0.2) is 52.6 Å². The van der Waals surface area contributed by atoms with E-state index in [4.69, 9.17) is 18.9 Å². The molecule has 1 aliphatic carbocycles.